The van der Waals surface area contributed by atoms with Crippen LogP contribution < -0.4 is 9.46 Å². The van der Waals surface area contributed by atoms with Crippen LogP contribution in [0.1, 0.15) is 5.56 Å². The molecular weight excluding hydrogens is 228 g/mol. The van der Waals surface area contributed by atoms with Crippen molar-refractivity contribution in [1.29, 1.82) is 0 Å². The van der Waals surface area contributed by atoms with Crippen LogP contribution in [0.15, 0.2) is 24.3 Å². The van der Waals surface area contributed by atoms with Crippen LogP contribution in [0.2, 0.25) is 0 Å². The van der Waals surface area contributed by atoms with Crippen molar-refractivity contribution in [1.82, 2.24) is 9.03 Å². The summed E-state index contributed by atoms with van der Waals surface area (Å²) in [6.45, 7) is 0.248. The van der Waals surface area contributed by atoms with Gasteiger partial charge in [-0.05, 0) is 17.7 Å². The minimum Gasteiger partial charge on any atom is -0.497 e. The van der Waals surface area contributed by atoms with Gasteiger partial charge in [0.15, 0.2) is 0 Å². The minimum atomic E-state index is -3.37. The lowest BCUT2D eigenvalue weighted by atomic mass is 10.2. The maximum Gasteiger partial charge on any atom is 0.279 e. The average Bonchev–Trinajstić information content (AvgIpc) is 2.26. The van der Waals surface area contributed by atoms with E-state index < -0.39 is 10.2 Å². The van der Waals surface area contributed by atoms with Gasteiger partial charge >= 0.3 is 0 Å². The van der Waals surface area contributed by atoms with E-state index in [4.69, 9.17) is 4.74 Å². The maximum absolute atomic E-state index is 11.4. The molecule has 0 fully saturated rings. The molecule has 0 aliphatic heterocycles. The molecule has 16 heavy (non-hydrogen) atoms. The Morgan fingerprint density at radius 1 is 1.38 bits per heavy atom. The fourth-order valence-corrected chi connectivity index (χ4v) is 1.69. The number of hydrogen-bond acceptors (Lipinski definition) is 3. The average molecular weight is 244 g/mol. The molecule has 0 amide bonds. The Labute approximate surface area is 96.2 Å². The molecule has 1 rings (SSSR count). The molecule has 0 unspecified atom stereocenters. The zero-order valence-electron chi connectivity index (χ0n) is 9.60. The highest BCUT2D eigenvalue weighted by Crippen LogP contribution is 2.12. The second-order valence-corrected chi connectivity index (χ2v) is 5.43. The summed E-state index contributed by atoms with van der Waals surface area (Å²) < 4.78 is 31.5. The third-order valence-corrected chi connectivity index (χ3v) is 3.54. The molecule has 1 aromatic rings. The summed E-state index contributed by atoms with van der Waals surface area (Å²) >= 11 is 0. The summed E-state index contributed by atoms with van der Waals surface area (Å²) in [6, 6.07) is 7.25. The third-order valence-electron chi connectivity index (χ3n) is 2.07. The maximum atomic E-state index is 11.4. The fraction of sp³-hybridized carbons (Fsp3) is 0.400. The molecule has 0 aliphatic rings. The molecule has 0 aromatic heterocycles. The predicted octanol–water partition coefficient (Wildman–Crippen LogP) is 0.591. The van der Waals surface area contributed by atoms with E-state index >= 15 is 0 Å². The summed E-state index contributed by atoms with van der Waals surface area (Å²) in [5.41, 5.74) is 0.852. The number of methoxy groups -OCH3 is 1. The van der Waals surface area contributed by atoms with Crippen LogP contribution in [0, 0.1) is 0 Å². The number of hydrogen-bond donors (Lipinski definition) is 1. The van der Waals surface area contributed by atoms with Gasteiger partial charge in [-0.25, -0.2) is 0 Å². The molecule has 0 atom stereocenters. The first-order valence-corrected chi connectivity index (χ1v) is 6.20. The predicted molar refractivity (Wildman–Crippen MR) is 62.4 cm³/mol. The van der Waals surface area contributed by atoms with E-state index in [1.54, 1.807) is 13.2 Å². The first-order chi connectivity index (χ1) is 7.45. The van der Waals surface area contributed by atoms with Gasteiger partial charge < -0.3 is 4.74 Å². The van der Waals surface area contributed by atoms with E-state index in [9.17, 15) is 8.42 Å². The van der Waals surface area contributed by atoms with E-state index in [2.05, 4.69) is 4.72 Å². The molecule has 0 bridgehead atoms. The quantitative estimate of drug-likeness (QED) is 0.824. The first-order valence-electron chi connectivity index (χ1n) is 4.76. The molecule has 1 aromatic carbocycles. The third kappa shape index (κ3) is 3.48. The van der Waals surface area contributed by atoms with E-state index in [-0.39, 0.29) is 6.54 Å². The molecule has 0 aliphatic carbocycles. The van der Waals surface area contributed by atoms with Crippen molar-refractivity contribution in [2.45, 2.75) is 6.54 Å². The Balaban J connectivity index is 2.68. The molecule has 0 heterocycles. The van der Waals surface area contributed by atoms with Gasteiger partial charge in [-0.2, -0.15) is 17.4 Å². The van der Waals surface area contributed by atoms with Crippen LogP contribution in [-0.4, -0.2) is 33.9 Å². The van der Waals surface area contributed by atoms with Gasteiger partial charge in [0.1, 0.15) is 5.75 Å². The smallest absolute Gasteiger partial charge is 0.279 e. The Bertz CT molecular complexity index is 443. The summed E-state index contributed by atoms with van der Waals surface area (Å²) in [6.07, 6.45) is 0. The standard InChI is InChI=1S/C10H16N2O3S/c1-12(2)16(13,14)11-8-9-5-4-6-10(7-9)15-3/h4-7,11H,8H2,1-3H3. The summed E-state index contributed by atoms with van der Waals surface area (Å²) in [5.74, 6) is 0.710. The molecule has 0 radical (unpaired) electrons. The van der Waals surface area contributed by atoms with Crippen molar-refractivity contribution >= 4 is 10.2 Å². The van der Waals surface area contributed by atoms with Crippen molar-refractivity contribution in [3.63, 3.8) is 0 Å². The number of benzene rings is 1. The monoisotopic (exact) mass is 244 g/mol. The van der Waals surface area contributed by atoms with Gasteiger partial charge in [-0.1, -0.05) is 12.1 Å². The lowest BCUT2D eigenvalue weighted by Gasteiger charge is -2.12. The first kappa shape index (κ1) is 13.0. The van der Waals surface area contributed by atoms with Crippen molar-refractivity contribution < 1.29 is 13.2 Å². The second kappa shape index (κ2) is 5.29. The van der Waals surface area contributed by atoms with Gasteiger partial charge in [0.05, 0.1) is 7.11 Å². The Hall–Kier alpha value is -1.11. The minimum absolute atomic E-state index is 0.248. The molecular formula is C10H16N2O3S. The number of ether oxygens (including phenoxy) is 1. The Morgan fingerprint density at radius 2 is 2.06 bits per heavy atom. The van der Waals surface area contributed by atoms with Gasteiger partial charge in [0, 0.05) is 20.6 Å². The number of nitrogens with zero attached hydrogens (tertiary/aromatic N) is 1. The van der Waals surface area contributed by atoms with Crippen molar-refractivity contribution in [2.75, 3.05) is 21.2 Å². The lowest BCUT2D eigenvalue weighted by molar-refractivity contribution is 0.414. The normalized spacial score (nSPS) is 11.8. The molecule has 1 N–H and O–H groups in total. The molecule has 0 saturated carbocycles. The van der Waals surface area contributed by atoms with Crippen molar-refractivity contribution in [3.05, 3.63) is 29.8 Å². The second-order valence-electron chi connectivity index (χ2n) is 3.46. The molecule has 6 heteroatoms. The largest absolute Gasteiger partial charge is 0.497 e. The van der Waals surface area contributed by atoms with Crippen LogP contribution in [-0.2, 0) is 16.8 Å². The Morgan fingerprint density at radius 3 is 2.62 bits per heavy atom. The zero-order valence-corrected chi connectivity index (χ0v) is 10.4. The van der Waals surface area contributed by atoms with Crippen molar-refractivity contribution in [2.24, 2.45) is 0 Å². The number of nitrogens with one attached hydrogen (secondary N) is 1. The topological polar surface area (TPSA) is 58.6 Å². The van der Waals surface area contributed by atoms with Gasteiger partial charge in [0.2, 0.25) is 0 Å². The van der Waals surface area contributed by atoms with Gasteiger partial charge in [-0.3, -0.25) is 0 Å². The highest BCUT2D eigenvalue weighted by atomic mass is 32.2. The van der Waals surface area contributed by atoms with E-state index in [0.29, 0.717) is 5.75 Å². The zero-order chi connectivity index (χ0) is 12.2. The Kier molecular flexibility index (Phi) is 4.28. The molecule has 90 valence electrons. The summed E-state index contributed by atoms with van der Waals surface area (Å²) in [7, 11) is 1.16. The van der Waals surface area contributed by atoms with E-state index in [1.165, 1.54) is 14.1 Å². The lowest BCUT2D eigenvalue weighted by Crippen LogP contribution is -2.35. The SMILES string of the molecule is COc1cccc(CNS(=O)(=O)N(C)C)c1. The molecule has 0 saturated heterocycles. The van der Waals surface area contributed by atoms with Crippen LogP contribution in [0.25, 0.3) is 0 Å². The van der Waals surface area contributed by atoms with E-state index in [1.807, 2.05) is 18.2 Å². The summed E-state index contributed by atoms with van der Waals surface area (Å²) in [4.78, 5) is 0. The molecule has 5 nitrogen and oxygen atoms in total. The molecule has 0 spiro atoms. The van der Waals surface area contributed by atoms with Gasteiger partial charge in [0.25, 0.3) is 10.2 Å². The van der Waals surface area contributed by atoms with E-state index in [0.717, 1.165) is 9.87 Å². The van der Waals surface area contributed by atoms with Crippen LogP contribution in [0.5, 0.6) is 5.75 Å². The summed E-state index contributed by atoms with van der Waals surface area (Å²) in [5, 5.41) is 0. The number of rotatable bonds is 5. The fourth-order valence-electron chi connectivity index (χ4n) is 1.09. The van der Waals surface area contributed by atoms with Gasteiger partial charge in [-0.15, -0.1) is 0 Å². The van der Waals surface area contributed by atoms with Crippen LogP contribution >= 0.6 is 0 Å². The van der Waals surface area contributed by atoms with Crippen LogP contribution in [0.4, 0.5) is 0 Å². The van der Waals surface area contributed by atoms with Crippen LogP contribution in [0.3, 0.4) is 0 Å². The highest BCUT2D eigenvalue weighted by Gasteiger charge is 2.11. The van der Waals surface area contributed by atoms with Crippen molar-refractivity contribution in [3.8, 4) is 5.75 Å². The highest BCUT2D eigenvalue weighted by molar-refractivity contribution is 7.87.